The first kappa shape index (κ1) is 10.2. The molecule has 0 radical (unpaired) electrons. The second kappa shape index (κ2) is 3.70. The number of pyridine rings is 1. The quantitative estimate of drug-likeness (QED) is 0.738. The normalized spacial score (nSPS) is 10.9. The minimum Gasteiger partial charge on any atom is -0.321 e. The zero-order valence-electron chi connectivity index (χ0n) is 8.73. The molecule has 1 heterocycles. The van der Waals surface area contributed by atoms with Crippen molar-refractivity contribution in [3.8, 4) is 0 Å². The summed E-state index contributed by atoms with van der Waals surface area (Å²) in [6.45, 7) is 4.03. The first-order valence-corrected chi connectivity index (χ1v) is 5.34. The molecule has 0 atom stereocenters. The minimum atomic E-state index is -0.0931. The van der Waals surface area contributed by atoms with Gasteiger partial charge in [-0.15, -0.1) is 11.6 Å². The molecule has 0 saturated carbocycles. The smallest absolute Gasteiger partial charge is 0.252 e. The van der Waals surface area contributed by atoms with Gasteiger partial charge >= 0.3 is 0 Å². The van der Waals surface area contributed by atoms with Crippen molar-refractivity contribution in [1.82, 2.24) is 4.98 Å². The van der Waals surface area contributed by atoms with E-state index in [1.165, 1.54) is 5.56 Å². The van der Waals surface area contributed by atoms with E-state index in [0.29, 0.717) is 5.56 Å². The summed E-state index contributed by atoms with van der Waals surface area (Å²) in [5.41, 5.74) is 3.70. The van der Waals surface area contributed by atoms with Crippen LogP contribution in [0.1, 0.15) is 16.7 Å². The van der Waals surface area contributed by atoms with Crippen LogP contribution in [-0.4, -0.2) is 4.98 Å². The highest BCUT2D eigenvalue weighted by atomic mass is 35.5. The third kappa shape index (κ3) is 1.77. The summed E-state index contributed by atoms with van der Waals surface area (Å²) < 4.78 is 0. The summed E-state index contributed by atoms with van der Waals surface area (Å²) in [5.74, 6) is 0.248. The number of aryl methyl sites for hydroxylation is 2. The van der Waals surface area contributed by atoms with Crippen molar-refractivity contribution in [2.45, 2.75) is 19.7 Å². The molecule has 0 fully saturated rings. The fraction of sp³-hybridized carbons (Fsp3) is 0.250. The molecule has 15 heavy (non-hydrogen) atoms. The van der Waals surface area contributed by atoms with Gasteiger partial charge in [-0.1, -0.05) is 11.6 Å². The van der Waals surface area contributed by atoms with E-state index < -0.39 is 0 Å². The van der Waals surface area contributed by atoms with E-state index in [1.807, 2.05) is 26.0 Å². The number of alkyl halides is 1. The molecule has 1 aromatic heterocycles. The van der Waals surface area contributed by atoms with Gasteiger partial charge in [-0.2, -0.15) is 0 Å². The van der Waals surface area contributed by atoms with E-state index in [2.05, 4.69) is 11.1 Å². The molecule has 2 rings (SSSR count). The van der Waals surface area contributed by atoms with Gasteiger partial charge < -0.3 is 4.98 Å². The Labute approximate surface area is 92.9 Å². The SMILES string of the molecule is Cc1cc(C)c2[nH]c(=O)c(CCl)cc2c1. The molecule has 1 N–H and O–H groups in total. The van der Waals surface area contributed by atoms with Gasteiger partial charge in [0.15, 0.2) is 0 Å². The van der Waals surface area contributed by atoms with Crippen LogP contribution in [-0.2, 0) is 5.88 Å². The lowest BCUT2D eigenvalue weighted by Crippen LogP contribution is -2.11. The summed E-state index contributed by atoms with van der Waals surface area (Å²) in [5, 5.41) is 1.04. The minimum absolute atomic E-state index is 0.0931. The van der Waals surface area contributed by atoms with E-state index in [1.54, 1.807) is 0 Å². The highest BCUT2D eigenvalue weighted by Gasteiger charge is 2.04. The van der Waals surface area contributed by atoms with Gasteiger partial charge in [0.2, 0.25) is 0 Å². The molecule has 78 valence electrons. The highest BCUT2D eigenvalue weighted by molar-refractivity contribution is 6.17. The number of hydrogen-bond acceptors (Lipinski definition) is 1. The van der Waals surface area contributed by atoms with Gasteiger partial charge in [0.05, 0.1) is 11.4 Å². The number of halogens is 1. The molecular weight excluding hydrogens is 210 g/mol. The van der Waals surface area contributed by atoms with E-state index in [0.717, 1.165) is 16.5 Å². The van der Waals surface area contributed by atoms with Gasteiger partial charge in [-0.3, -0.25) is 4.79 Å². The van der Waals surface area contributed by atoms with Gasteiger partial charge in [0.1, 0.15) is 0 Å². The number of fused-ring (bicyclic) bond motifs is 1. The van der Waals surface area contributed by atoms with Gasteiger partial charge in [-0.25, -0.2) is 0 Å². The third-order valence-corrected chi connectivity index (χ3v) is 2.80. The Morgan fingerprint density at radius 2 is 2.00 bits per heavy atom. The Morgan fingerprint density at radius 1 is 1.27 bits per heavy atom. The second-order valence-corrected chi connectivity index (χ2v) is 4.07. The van der Waals surface area contributed by atoms with E-state index in [4.69, 9.17) is 11.6 Å². The predicted molar refractivity (Wildman–Crippen MR) is 63.6 cm³/mol. The van der Waals surface area contributed by atoms with Crippen LogP contribution in [0.2, 0.25) is 0 Å². The lowest BCUT2D eigenvalue weighted by Gasteiger charge is -2.05. The van der Waals surface area contributed by atoms with Gasteiger partial charge in [0.25, 0.3) is 5.56 Å². The Hall–Kier alpha value is -1.28. The Balaban J connectivity index is 2.87. The molecule has 0 amide bonds. The zero-order valence-corrected chi connectivity index (χ0v) is 9.48. The zero-order chi connectivity index (χ0) is 11.0. The van der Waals surface area contributed by atoms with Crippen molar-refractivity contribution < 1.29 is 0 Å². The van der Waals surface area contributed by atoms with Crippen LogP contribution in [0.25, 0.3) is 10.9 Å². The molecular formula is C12H12ClNO. The number of rotatable bonds is 1. The van der Waals surface area contributed by atoms with Crippen LogP contribution < -0.4 is 5.56 Å². The number of aromatic amines is 1. The van der Waals surface area contributed by atoms with E-state index in [-0.39, 0.29) is 11.4 Å². The number of nitrogens with one attached hydrogen (secondary N) is 1. The Bertz CT molecular complexity index is 572. The molecule has 1 aromatic carbocycles. The number of H-pyrrole nitrogens is 1. The summed E-state index contributed by atoms with van der Waals surface area (Å²) >= 11 is 5.69. The average molecular weight is 222 g/mol. The van der Waals surface area contributed by atoms with E-state index in [9.17, 15) is 4.79 Å². The van der Waals surface area contributed by atoms with Crippen LogP contribution in [0.15, 0.2) is 23.0 Å². The molecule has 2 aromatic rings. The fourth-order valence-electron chi connectivity index (χ4n) is 1.83. The van der Waals surface area contributed by atoms with Crippen LogP contribution >= 0.6 is 11.6 Å². The van der Waals surface area contributed by atoms with Crippen molar-refractivity contribution in [3.63, 3.8) is 0 Å². The largest absolute Gasteiger partial charge is 0.321 e. The molecule has 0 aliphatic carbocycles. The second-order valence-electron chi connectivity index (χ2n) is 3.80. The predicted octanol–water partition coefficient (Wildman–Crippen LogP) is 2.88. The van der Waals surface area contributed by atoms with Crippen LogP contribution in [0.3, 0.4) is 0 Å². The maximum absolute atomic E-state index is 11.6. The first-order chi connectivity index (χ1) is 7.11. The van der Waals surface area contributed by atoms with Crippen molar-refractivity contribution in [2.75, 3.05) is 0 Å². The lowest BCUT2D eigenvalue weighted by molar-refractivity contribution is 1.20. The van der Waals surface area contributed by atoms with Crippen molar-refractivity contribution in [3.05, 3.63) is 45.2 Å². The molecule has 3 heteroatoms. The summed E-state index contributed by atoms with van der Waals surface area (Å²) in [4.78, 5) is 14.4. The maximum atomic E-state index is 11.6. The molecule has 0 bridgehead atoms. The van der Waals surface area contributed by atoms with E-state index >= 15 is 0 Å². The summed E-state index contributed by atoms with van der Waals surface area (Å²) in [6, 6.07) is 5.97. The maximum Gasteiger partial charge on any atom is 0.252 e. The molecule has 0 unspecified atom stereocenters. The highest BCUT2D eigenvalue weighted by Crippen LogP contribution is 2.18. The molecule has 0 aliphatic rings. The number of aromatic nitrogens is 1. The summed E-state index contributed by atoms with van der Waals surface area (Å²) in [6.07, 6.45) is 0. The van der Waals surface area contributed by atoms with Crippen molar-refractivity contribution >= 4 is 22.5 Å². The van der Waals surface area contributed by atoms with Crippen LogP contribution in [0, 0.1) is 13.8 Å². The number of benzene rings is 1. The van der Waals surface area contributed by atoms with Gasteiger partial charge in [-0.05, 0) is 36.9 Å². The first-order valence-electron chi connectivity index (χ1n) is 4.81. The summed E-state index contributed by atoms with van der Waals surface area (Å²) in [7, 11) is 0. The molecule has 0 aliphatic heterocycles. The molecule has 0 saturated heterocycles. The molecule has 0 spiro atoms. The third-order valence-electron chi connectivity index (χ3n) is 2.51. The van der Waals surface area contributed by atoms with Crippen molar-refractivity contribution in [2.24, 2.45) is 0 Å². The van der Waals surface area contributed by atoms with Crippen LogP contribution in [0.4, 0.5) is 0 Å². The Morgan fingerprint density at radius 3 is 2.67 bits per heavy atom. The standard InChI is InChI=1S/C12H12ClNO/c1-7-3-8(2)11-9(4-7)5-10(6-13)12(15)14-11/h3-5H,6H2,1-2H3,(H,14,15). The fourth-order valence-corrected chi connectivity index (χ4v) is 2.03. The lowest BCUT2D eigenvalue weighted by atomic mass is 10.1. The van der Waals surface area contributed by atoms with Crippen molar-refractivity contribution in [1.29, 1.82) is 0 Å². The number of hydrogen-bond donors (Lipinski definition) is 1. The van der Waals surface area contributed by atoms with Crippen LogP contribution in [0.5, 0.6) is 0 Å². The average Bonchev–Trinajstić information content (AvgIpc) is 2.18. The molecule has 2 nitrogen and oxygen atoms in total. The topological polar surface area (TPSA) is 32.9 Å². The Kier molecular flexibility index (Phi) is 2.53. The van der Waals surface area contributed by atoms with Gasteiger partial charge in [0, 0.05) is 5.56 Å². The monoisotopic (exact) mass is 221 g/mol.